The number of carbonyl (C=O) groups excluding carboxylic acids is 1. The topological polar surface area (TPSA) is 73.2 Å². The zero-order valence-corrected chi connectivity index (χ0v) is 17.1. The second-order valence-electron chi connectivity index (χ2n) is 7.44. The number of ether oxygens (including phenoxy) is 1. The van der Waals surface area contributed by atoms with Gasteiger partial charge < -0.3 is 14.6 Å². The number of rotatable bonds is 8. The molecule has 3 rings (SSSR count). The molecule has 0 bridgehead atoms. The van der Waals surface area contributed by atoms with E-state index in [1.54, 1.807) is 35.9 Å². The van der Waals surface area contributed by atoms with Crippen LogP contribution >= 0.6 is 0 Å². The molecule has 29 heavy (non-hydrogen) atoms. The number of para-hydroxylation sites is 2. The van der Waals surface area contributed by atoms with Gasteiger partial charge >= 0.3 is 0 Å². The summed E-state index contributed by atoms with van der Waals surface area (Å²) in [7, 11) is 1.64. The molecule has 1 amide bonds. The molecule has 1 heterocycles. The Morgan fingerprint density at radius 3 is 2.55 bits per heavy atom. The summed E-state index contributed by atoms with van der Waals surface area (Å²) in [5.41, 5.74) is 3.15. The first-order chi connectivity index (χ1) is 14.0. The minimum absolute atomic E-state index is 0.117. The first-order valence-electron chi connectivity index (χ1n) is 9.88. The van der Waals surface area contributed by atoms with E-state index in [1.807, 2.05) is 24.3 Å². The van der Waals surface area contributed by atoms with Crippen LogP contribution in [-0.4, -0.2) is 35.7 Å². The maximum Gasteiger partial charge on any atom is 0.277 e. The minimum Gasteiger partial charge on any atom is -0.385 e. The number of methoxy groups -OCH3 is 1. The van der Waals surface area contributed by atoms with Crippen molar-refractivity contribution >= 4 is 16.9 Å². The van der Waals surface area contributed by atoms with Gasteiger partial charge in [0.15, 0.2) is 0 Å². The fourth-order valence-electron chi connectivity index (χ4n) is 3.23. The van der Waals surface area contributed by atoms with E-state index in [2.05, 4.69) is 24.1 Å². The van der Waals surface area contributed by atoms with Crippen LogP contribution in [0.4, 0.5) is 0 Å². The second-order valence-corrected chi connectivity index (χ2v) is 7.44. The number of nitrogens with zero attached hydrogens (tertiary/aromatic N) is 2. The highest BCUT2D eigenvalue weighted by molar-refractivity contribution is 5.94. The molecule has 0 unspecified atom stereocenters. The van der Waals surface area contributed by atoms with Crippen LogP contribution in [0.2, 0.25) is 0 Å². The van der Waals surface area contributed by atoms with Crippen LogP contribution in [0.15, 0.2) is 53.3 Å². The van der Waals surface area contributed by atoms with Crippen LogP contribution in [0.1, 0.15) is 30.6 Å². The standard InChI is InChI=1S/C23H27N3O3/c1-16(2)15-26-20-8-5-4-7-19(20)25-21(23(26)28)17-9-11-18(12-10-17)22(27)24-13-6-14-29-3/h4-5,7-12,16H,6,13-15H2,1-3H3,(H,24,27). The van der Waals surface area contributed by atoms with Crippen molar-refractivity contribution in [3.8, 4) is 11.3 Å². The van der Waals surface area contributed by atoms with Crippen LogP contribution in [0, 0.1) is 5.92 Å². The van der Waals surface area contributed by atoms with Gasteiger partial charge in [0.2, 0.25) is 0 Å². The fourth-order valence-corrected chi connectivity index (χ4v) is 3.23. The summed E-state index contributed by atoms with van der Waals surface area (Å²) in [6.45, 7) is 5.95. The highest BCUT2D eigenvalue weighted by Gasteiger charge is 2.14. The first kappa shape index (κ1) is 20.7. The molecule has 1 N–H and O–H groups in total. The average molecular weight is 393 g/mol. The van der Waals surface area contributed by atoms with Gasteiger partial charge in [-0.15, -0.1) is 0 Å². The third kappa shape index (κ3) is 4.90. The summed E-state index contributed by atoms with van der Waals surface area (Å²) in [6.07, 6.45) is 0.761. The first-order valence-corrected chi connectivity index (χ1v) is 9.88. The quantitative estimate of drug-likeness (QED) is 0.595. The Bertz CT molecular complexity index is 1040. The van der Waals surface area contributed by atoms with Crippen molar-refractivity contribution < 1.29 is 9.53 Å². The van der Waals surface area contributed by atoms with Gasteiger partial charge in [-0.3, -0.25) is 9.59 Å². The zero-order chi connectivity index (χ0) is 20.8. The molecule has 2 aromatic carbocycles. The van der Waals surface area contributed by atoms with Crippen molar-refractivity contribution in [3.63, 3.8) is 0 Å². The van der Waals surface area contributed by atoms with E-state index in [-0.39, 0.29) is 11.5 Å². The van der Waals surface area contributed by atoms with Crippen molar-refractivity contribution in [3.05, 3.63) is 64.4 Å². The van der Waals surface area contributed by atoms with E-state index in [9.17, 15) is 9.59 Å². The molecule has 152 valence electrons. The van der Waals surface area contributed by atoms with Gasteiger partial charge in [0.05, 0.1) is 11.0 Å². The summed E-state index contributed by atoms with van der Waals surface area (Å²) in [4.78, 5) is 30.0. The molecule has 0 spiro atoms. The lowest BCUT2D eigenvalue weighted by molar-refractivity contribution is 0.0948. The molecule has 6 nitrogen and oxygen atoms in total. The SMILES string of the molecule is COCCCNC(=O)c1ccc(-c2nc3ccccc3n(CC(C)C)c2=O)cc1. The van der Waals surface area contributed by atoms with Gasteiger partial charge in [0.1, 0.15) is 5.69 Å². The van der Waals surface area contributed by atoms with Gasteiger partial charge in [0, 0.05) is 37.9 Å². The summed E-state index contributed by atoms with van der Waals surface area (Å²) in [6, 6.07) is 14.7. The molecule has 0 radical (unpaired) electrons. The van der Waals surface area contributed by atoms with Crippen LogP contribution in [-0.2, 0) is 11.3 Å². The Morgan fingerprint density at radius 2 is 1.86 bits per heavy atom. The predicted octanol–water partition coefficient (Wildman–Crippen LogP) is 3.49. The Hall–Kier alpha value is -2.99. The number of hydrogen-bond acceptors (Lipinski definition) is 4. The lowest BCUT2D eigenvalue weighted by Gasteiger charge is -2.14. The van der Waals surface area contributed by atoms with E-state index in [4.69, 9.17) is 4.74 Å². The van der Waals surface area contributed by atoms with Crippen molar-refractivity contribution in [1.82, 2.24) is 14.9 Å². The Kier molecular flexibility index (Phi) is 6.77. The molecular formula is C23H27N3O3. The molecule has 0 fully saturated rings. The number of hydrogen-bond donors (Lipinski definition) is 1. The lowest BCUT2D eigenvalue weighted by Crippen LogP contribution is -2.26. The van der Waals surface area contributed by atoms with Gasteiger partial charge in [-0.05, 0) is 36.6 Å². The van der Waals surface area contributed by atoms with E-state index < -0.39 is 0 Å². The van der Waals surface area contributed by atoms with Crippen LogP contribution in [0.25, 0.3) is 22.3 Å². The molecule has 6 heteroatoms. The van der Waals surface area contributed by atoms with Crippen LogP contribution < -0.4 is 10.9 Å². The van der Waals surface area contributed by atoms with Crippen LogP contribution in [0.5, 0.6) is 0 Å². The average Bonchev–Trinajstić information content (AvgIpc) is 2.73. The van der Waals surface area contributed by atoms with Crippen molar-refractivity contribution in [2.24, 2.45) is 5.92 Å². The number of amides is 1. The summed E-state index contributed by atoms with van der Waals surface area (Å²) in [5, 5.41) is 2.86. The summed E-state index contributed by atoms with van der Waals surface area (Å²) in [5.74, 6) is 0.187. The third-order valence-corrected chi connectivity index (χ3v) is 4.63. The smallest absolute Gasteiger partial charge is 0.277 e. The maximum atomic E-state index is 13.1. The number of aromatic nitrogens is 2. The fraction of sp³-hybridized carbons (Fsp3) is 0.348. The highest BCUT2D eigenvalue weighted by atomic mass is 16.5. The van der Waals surface area contributed by atoms with E-state index in [0.29, 0.717) is 42.4 Å². The van der Waals surface area contributed by atoms with E-state index in [1.165, 1.54) is 0 Å². The normalized spacial score (nSPS) is 11.2. The monoisotopic (exact) mass is 393 g/mol. The molecular weight excluding hydrogens is 366 g/mol. The maximum absolute atomic E-state index is 13.1. The Morgan fingerprint density at radius 1 is 1.14 bits per heavy atom. The Balaban J connectivity index is 1.91. The predicted molar refractivity (Wildman–Crippen MR) is 115 cm³/mol. The van der Waals surface area contributed by atoms with Gasteiger partial charge in [-0.25, -0.2) is 4.98 Å². The molecule has 3 aromatic rings. The highest BCUT2D eigenvalue weighted by Crippen LogP contribution is 2.19. The molecule has 0 saturated carbocycles. The number of benzene rings is 2. The van der Waals surface area contributed by atoms with Crippen molar-refractivity contribution in [2.45, 2.75) is 26.8 Å². The molecule has 0 saturated heterocycles. The second kappa shape index (κ2) is 9.47. The number of carbonyl (C=O) groups is 1. The van der Waals surface area contributed by atoms with Gasteiger partial charge in [-0.1, -0.05) is 38.1 Å². The minimum atomic E-state index is -0.142. The number of fused-ring (bicyclic) bond motifs is 1. The van der Waals surface area contributed by atoms with E-state index >= 15 is 0 Å². The van der Waals surface area contributed by atoms with Gasteiger partial charge in [0.25, 0.3) is 11.5 Å². The largest absolute Gasteiger partial charge is 0.385 e. The summed E-state index contributed by atoms with van der Waals surface area (Å²) >= 11 is 0. The summed E-state index contributed by atoms with van der Waals surface area (Å²) < 4.78 is 6.77. The van der Waals surface area contributed by atoms with Gasteiger partial charge in [-0.2, -0.15) is 0 Å². The van der Waals surface area contributed by atoms with Crippen LogP contribution in [0.3, 0.4) is 0 Å². The zero-order valence-electron chi connectivity index (χ0n) is 17.1. The van der Waals surface area contributed by atoms with Crippen molar-refractivity contribution in [1.29, 1.82) is 0 Å². The molecule has 0 aliphatic carbocycles. The van der Waals surface area contributed by atoms with E-state index in [0.717, 1.165) is 17.5 Å². The molecule has 0 aliphatic heterocycles. The van der Waals surface area contributed by atoms with Crippen molar-refractivity contribution in [2.75, 3.05) is 20.3 Å². The molecule has 0 atom stereocenters. The Labute approximate surface area is 170 Å². The lowest BCUT2D eigenvalue weighted by atomic mass is 10.1. The molecule has 0 aliphatic rings. The molecule has 1 aromatic heterocycles. The third-order valence-electron chi connectivity index (χ3n) is 4.63. The number of nitrogens with one attached hydrogen (secondary N) is 1.